The number of aryl methyl sites for hydroxylation is 1. The normalized spacial score (nSPS) is 11.9. The van der Waals surface area contributed by atoms with Gasteiger partial charge in [-0.05, 0) is 43.7 Å². The Hall–Kier alpha value is -3.94. The average Bonchev–Trinajstić information content (AvgIpc) is 3.40. The second kappa shape index (κ2) is 7.59. The number of anilines is 1. The van der Waals surface area contributed by atoms with E-state index in [4.69, 9.17) is 8.94 Å². The molecule has 8 nitrogen and oxygen atoms in total. The molecular formula is C21H18N4O4. The minimum atomic E-state index is -0.433. The van der Waals surface area contributed by atoms with Gasteiger partial charge >= 0.3 is 0 Å². The van der Waals surface area contributed by atoms with Crippen LogP contribution in [0.25, 0.3) is 23.0 Å². The lowest BCUT2D eigenvalue weighted by molar-refractivity contribution is -0.383. The fraction of sp³-hybridized carbons (Fsp3) is 0.143. The molecule has 1 atom stereocenters. The summed E-state index contributed by atoms with van der Waals surface area (Å²) in [5, 5.41) is 18.7. The van der Waals surface area contributed by atoms with Crippen molar-refractivity contribution in [2.45, 2.75) is 19.9 Å². The highest BCUT2D eigenvalue weighted by molar-refractivity contribution is 5.70. The first-order chi connectivity index (χ1) is 14.0. The van der Waals surface area contributed by atoms with Gasteiger partial charge in [-0.25, -0.2) is 0 Å². The van der Waals surface area contributed by atoms with Gasteiger partial charge in [0, 0.05) is 17.7 Å². The lowest BCUT2D eigenvalue weighted by Gasteiger charge is -2.16. The summed E-state index contributed by atoms with van der Waals surface area (Å²) < 4.78 is 10.5. The predicted molar refractivity (Wildman–Crippen MR) is 107 cm³/mol. The zero-order valence-corrected chi connectivity index (χ0v) is 15.8. The summed E-state index contributed by atoms with van der Waals surface area (Å²) >= 11 is 0. The summed E-state index contributed by atoms with van der Waals surface area (Å²) in [6, 6.07) is 16.1. The quantitative estimate of drug-likeness (QED) is 0.347. The highest BCUT2D eigenvalue weighted by Crippen LogP contribution is 2.33. The van der Waals surface area contributed by atoms with Crippen LogP contribution in [0.2, 0.25) is 0 Å². The summed E-state index contributed by atoms with van der Waals surface area (Å²) in [5.74, 6) is 0.917. The van der Waals surface area contributed by atoms with Gasteiger partial charge in [-0.1, -0.05) is 35.0 Å². The summed E-state index contributed by atoms with van der Waals surface area (Å²) in [4.78, 5) is 15.5. The second-order valence-electron chi connectivity index (χ2n) is 6.67. The summed E-state index contributed by atoms with van der Waals surface area (Å²) in [6.07, 6.45) is 1.51. The van der Waals surface area contributed by atoms with E-state index in [-0.39, 0.29) is 23.4 Å². The van der Waals surface area contributed by atoms with Gasteiger partial charge < -0.3 is 14.3 Å². The van der Waals surface area contributed by atoms with Crippen molar-refractivity contribution in [3.8, 4) is 23.0 Å². The molecule has 4 aromatic rings. The van der Waals surface area contributed by atoms with Gasteiger partial charge in [0.05, 0.1) is 11.2 Å². The molecule has 2 heterocycles. The zero-order chi connectivity index (χ0) is 20.4. The average molecular weight is 390 g/mol. The molecule has 29 heavy (non-hydrogen) atoms. The van der Waals surface area contributed by atoms with Crippen LogP contribution in [0.3, 0.4) is 0 Å². The maximum atomic E-state index is 11.6. The number of benzene rings is 2. The van der Waals surface area contributed by atoms with E-state index in [0.717, 1.165) is 11.1 Å². The van der Waals surface area contributed by atoms with Gasteiger partial charge in [0.1, 0.15) is 5.69 Å². The minimum Gasteiger partial charge on any atom is -0.461 e. The van der Waals surface area contributed by atoms with Crippen LogP contribution in [0.1, 0.15) is 24.1 Å². The van der Waals surface area contributed by atoms with Crippen LogP contribution in [0.15, 0.2) is 69.8 Å². The molecule has 0 saturated heterocycles. The van der Waals surface area contributed by atoms with Gasteiger partial charge in [-0.15, -0.1) is 0 Å². The maximum Gasteiger partial charge on any atom is 0.293 e. The maximum absolute atomic E-state index is 11.6. The Bertz CT molecular complexity index is 1130. The van der Waals surface area contributed by atoms with Crippen LogP contribution in [0.4, 0.5) is 11.4 Å². The SMILES string of the molecule is Cc1ccc([C@@H](C)Nc2ccc(-c3nc(-c4ccco4)no3)cc2[N+](=O)[O-])cc1. The van der Waals surface area contributed by atoms with Crippen molar-refractivity contribution in [3.05, 3.63) is 82.1 Å². The molecule has 0 unspecified atom stereocenters. The molecule has 0 radical (unpaired) electrons. The van der Waals surface area contributed by atoms with Crippen molar-refractivity contribution in [2.24, 2.45) is 0 Å². The number of hydrogen-bond acceptors (Lipinski definition) is 7. The third kappa shape index (κ3) is 3.86. The number of nitro groups is 1. The highest BCUT2D eigenvalue weighted by atomic mass is 16.6. The van der Waals surface area contributed by atoms with Crippen molar-refractivity contribution >= 4 is 11.4 Å². The molecule has 2 aromatic carbocycles. The lowest BCUT2D eigenvalue weighted by atomic mass is 10.1. The minimum absolute atomic E-state index is 0.0702. The summed E-state index contributed by atoms with van der Waals surface area (Å²) in [7, 11) is 0. The number of aromatic nitrogens is 2. The van der Waals surface area contributed by atoms with Crippen molar-refractivity contribution in [3.63, 3.8) is 0 Å². The molecule has 0 bridgehead atoms. The fourth-order valence-electron chi connectivity index (χ4n) is 2.96. The monoisotopic (exact) mass is 390 g/mol. The zero-order valence-electron chi connectivity index (χ0n) is 15.8. The van der Waals surface area contributed by atoms with Gasteiger partial charge in [-0.2, -0.15) is 4.98 Å². The molecular weight excluding hydrogens is 372 g/mol. The van der Waals surface area contributed by atoms with Crippen LogP contribution < -0.4 is 5.32 Å². The Morgan fingerprint density at radius 1 is 1.14 bits per heavy atom. The Kier molecular flexibility index (Phi) is 4.82. The molecule has 1 N–H and O–H groups in total. The van der Waals surface area contributed by atoms with Crippen molar-refractivity contribution in [1.82, 2.24) is 10.1 Å². The van der Waals surface area contributed by atoms with E-state index in [0.29, 0.717) is 17.0 Å². The number of nitrogens with zero attached hydrogens (tertiary/aromatic N) is 3. The topological polar surface area (TPSA) is 107 Å². The standard InChI is InChI=1S/C21H18N4O4/c1-13-5-7-15(8-6-13)14(2)22-17-10-9-16(12-18(17)25(26)27)21-23-20(24-29-21)19-4-3-11-28-19/h3-12,14,22H,1-2H3/t14-/m1/s1. The Balaban J connectivity index is 1.62. The van der Waals surface area contributed by atoms with Crippen LogP contribution in [-0.2, 0) is 0 Å². The first-order valence-corrected chi connectivity index (χ1v) is 9.01. The van der Waals surface area contributed by atoms with Crippen LogP contribution in [0, 0.1) is 17.0 Å². The van der Waals surface area contributed by atoms with Crippen LogP contribution >= 0.6 is 0 Å². The second-order valence-corrected chi connectivity index (χ2v) is 6.67. The highest BCUT2D eigenvalue weighted by Gasteiger charge is 2.20. The van der Waals surface area contributed by atoms with E-state index < -0.39 is 4.92 Å². The fourth-order valence-corrected chi connectivity index (χ4v) is 2.96. The van der Waals surface area contributed by atoms with Crippen molar-refractivity contribution in [2.75, 3.05) is 5.32 Å². The smallest absolute Gasteiger partial charge is 0.293 e. The number of furan rings is 1. The molecule has 0 amide bonds. The number of hydrogen-bond donors (Lipinski definition) is 1. The Morgan fingerprint density at radius 2 is 1.93 bits per heavy atom. The van der Waals surface area contributed by atoms with Crippen molar-refractivity contribution in [1.29, 1.82) is 0 Å². The molecule has 146 valence electrons. The summed E-state index contributed by atoms with van der Waals surface area (Å²) in [6.45, 7) is 3.97. The molecule has 0 aliphatic carbocycles. The molecule has 0 aliphatic heterocycles. The molecule has 8 heteroatoms. The van der Waals surface area contributed by atoms with Crippen molar-refractivity contribution < 1.29 is 13.9 Å². The van der Waals surface area contributed by atoms with E-state index in [1.807, 2.05) is 38.1 Å². The van der Waals surface area contributed by atoms with E-state index in [9.17, 15) is 10.1 Å². The van der Waals surface area contributed by atoms with Crippen LogP contribution in [-0.4, -0.2) is 15.1 Å². The molecule has 4 rings (SSSR count). The van der Waals surface area contributed by atoms with E-state index in [1.54, 1.807) is 24.3 Å². The lowest BCUT2D eigenvalue weighted by Crippen LogP contribution is -2.08. The summed E-state index contributed by atoms with van der Waals surface area (Å²) in [5.41, 5.74) is 2.99. The molecule has 0 spiro atoms. The molecule has 0 aliphatic rings. The van der Waals surface area contributed by atoms with E-state index in [2.05, 4.69) is 15.5 Å². The van der Waals surface area contributed by atoms with Gasteiger partial charge in [0.25, 0.3) is 11.6 Å². The van der Waals surface area contributed by atoms with Gasteiger partial charge in [-0.3, -0.25) is 10.1 Å². The van der Waals surface area contributed by atoms with Crippen LogP contribution in [0.5, 0.6) is 0 Å². The van der Waals surface area contributed by atoms with E-state index >= 15 is 0 Å². The van der Waals surface area contributed by atoms with Gasteiger partial charge in [0.15, 0.2) is 5.76 Å². The molecule has 0 fully saturated rings. The number of rotatable bonds is 6. The first-order valence-electron chi connectivity index (χ1n) is 9.01. The number of nitrogens with one attached hydrogen (secondary N) is 1. The third-order valence-electron chi connectivity index (χ3n) is 4.56. The first kappa shape index (κ1) is 18.4. The Labute approximate surface area is 166 Å². The number of nitro benzene ring substituents is 1. The molecule has 0 saturated carbocycles. The predicted octanol–water partition coefficient (Wildman–Crippen LogP) is 5.39. The van der Waals surface area contributed by atoms with E-state index in [1.165, 1.54) is 12.3 Å². The Morgan fingerprint density at radius 3 is 2.62 bits per heavy atom. The van der Waals surface area contributed by atoms with Gasteiger partial charge in [0.2, 0.25) is 5.82 Å². The largest absolute Gasteiger partial charge is 0.461 e. The molecule has 2 aromatic heterocycles. The third-order valence-corrected chi connectivity index (χ3v) is 4.56.